The van der Waals surface area contributed by atoms with E-state index in [4.69, 9.17) is 4.74 Å². The Labute approximate surface area is 147 Å². The Bertz CT molecular complexity index is 701. The van der Waals surface area contributed by atoms with Crippen LogP contribution in [0.1, 0.15) is 42.6 Å². The second kappa shape index (κ2) is 7.25. The van der Waals surface area contributed by atoms with Crippen LogP contribution in [0.5, 0.6) is 0 Å². The fraction of sp³-hybridized carbons (Fsp3) is 0.526. The summed E-state index contributed by atoms with van der Waals surface area (Å²) in [5, 5.41) is 0. The molecule has 1 atom stereocenters. The summed E-state index contributed by atoms with van der Waals surface area (Å²) in [6, 6.07) is 5.51. The smallest absolute Gasteiger partial charge is 0.310 e. The van der Waals surface area contributed by atoms with Crippen molar-refractivity contribution in [2.45, 2.75) is 33.1 Å². The van der Waals surface area contributed by atoms with Gasteiger partial charge in [0.1, 0.15) is 0 Å². The number of esters is 1. The summed E-state index contributed by atoms with van der Waals surface area (Å²) in [7, 11) is 0. The second-order valence-corrected chi connectivity index (χ2v) is 6.61. The fourth-order valence-electron chi connectivity index (χ4n) is 3.66. The quantitative estimate of drug-likeness (QED) is 0.787. The van der Waals surface area contributed by atoms with E-state index >= 15 is 0 Å². The molecule has 2 amide bonds. The van der Waals surface area contributed by atoms with E-state index < -0.39 is 0 Å². The van der Waals surface area contributed by atoms with Gasteiger partial charge >= 0.3 is 5.97 Å². The summed E-state index contributed by atoms with van der Waals surface area (Å²) in [4.78, 5) is 39.9. The molecule has 0 radical (unpaired) electrons. The van der Waals surface area contributed by atoms with Crippen LogP contribution in [-0.2, 0) is 20.7 Å². The third kappa shape index (κ3) is 3.52. The average Bonchev–Trinajstić information content (AvgIpc) is 3.04. The van der Waals surface area contributed by atoms with E-state index in [-0.39, 0.29) is 23.7 Å². The van der Waals surface area contributed by atoms with Gasteiger partial charge in [-0.1, -0.05) is 0 Å². The molecule has 6 heteroatoms. The Hall–Kier alpha value is -2.37. The van der Waals surface area contributed by atoms with Crippen LogP contribution in [0.15, 0.2) is 18.2 Å². The van der Waals surface area contributed by atoms with Gasteiger partial charge in [0.2, 0.25) is 5.91 Å². The van der Waals surface area contributed by atoms with Crippen LogP contribution in [0.4, 0.5) is 5.69 Å². The summed E-state index contributed by atoms with van der Waals surface area (Å²) in [6.45, 7) is 5.44. The van der Waals surface area contributed by atoms with Gasteiger partial charge in [0.25, 0.3) is 5.91 Å². The number of carbonyl (C=O) groups excluding carboxylic acids is 3. The number of hydrogen-bond donors (Lipinski definition) is 0. The van der Waals surface area contributed by atoms with Gasteiger partial charge in [0, 0.05) is 37.8 Å². The molecular weight excluding hydrogens is 320 g/mol. The van der Waals surface area contributed by atoms with Crippen molar-refractivity contribution in [2.75, 3.05) is 31.1 Å². The molecular formula is C19H24N2O4. The highest BCUT2D eigenvalue weighted by molar-refractivity contribution is 5.98. The van der Waals surface area contributed by atoms with Crippen molar-refractivity contribution >= 4 is 23.5 Å². The molecule has 0 saturated carbocycles. The Balaban J connectivity index is 1.73. The molecule has 2 aliphatic rings. The number of hydrogen-bond acceptors (Lipinski definition) is 4. The number of anilines is 1. The molecule has 2 heterocycles. The van der Waals surface area contributed by atoms with Crippen molar-refractivity contribution in [3.05, 3.63) is 29.3 Å². The Morgan fingerprint density at radius 3 is 2.76 bits per heavy atom. The normalized spacial score (nSPS) is 19.5. The zero-order valence-electron chi connectivity index (χ0n) is 14.8. The van der Waals surface area contributed by atoms with Gasteiger partial charge in [-0.05, 0) is 49.9 Å². The minimum Gasteiger partial charge on any atom is -0.466 e. The lowest BCUT2D eigenvalue weighted by Gasteiger charge is -2.31. The topological polar surface area (TPSA) is 66.9 Å². The molecule has 0 aromatic heterocycles. The van der Waals surface area contributed by atoms with Crippen LogP contribution in [0.3, 0.4) is 0 Å². The highest BCUT2D eigenvalue weighted by Crippen LogP contribution is 2.30. The largest absolute Gasteiger partial charge is 0.466 e. The summed E-state index contributed by atoms with van der Waals surface area (Å²) < 4.78 is 5.10. The number of ether oxygens (including phenoxy) is 1. The average molecular weight is 344 g/mol. The third-order valence-electron chi connectivity index (χ3n) is 4.93. The van der Waals surface area contributed by atoms with Gasteiger partial charge < -0.3 is 14.5 Å². The Morgan fingerprint density at radius 1 is 1.24 bits per heavy atom. The summed E-state index contributed by atoms with van der Waals surface area (Å²) >= 11 is 0. The lowest BCUT2D eigenvalue weighted by molar-refractivity contribution is -0.149. The van der Waals surface area contributed by atoms with Crippen LogP contribution in [-0.4, -0.2) is 48.9 Å². The van der Waals surface area contributed by atoms with Crippen LogP contribution >= 0.6 is 0 Å². The highest BCUT2D eigenvalue weighted by Gasteiger charge is 2.30. The predicted octanol–water partition coefficient (Wildman–Crippen LogP) is 2.01. The minimum absolute atomic E-state index is 0.0196. The van der Waals surface area contributed by atoms with Crippen LogP contribution in [0.2, 0.25) is 0 Å². The zero-order chi connectivity index (χ0) is 18.0. The van der Waals surface area contributed by atoms with E-state index in [0.29, 0.717) is 31.8 Å². The number of benzene rings is 1. The van der Waals surface area contributed by atoms with Gasteiger partial charge in [0.15, 0.2) is 0 Å². The molecule has 2 aliphatic heterocycles. The van der Waals surface area contributed by atoms with E-state index in [1.54, 1.807) is 29.7 Å². The van der Waals surface area contributed by atoms with Gasteiger partial charge in [0.05, 0.1) is 12.5 Å². The molecule has 0 bridgehead atoms. The molecule has 1 aromatic carbocycles. The number of nitrogens with zero attached hydrogens (tertiary/aromatic N) is 2. The maximum absolute atomic E-state index is 12.8. The van der Waals surface area contributed by atoms with Crippen molar-refractivity contribution in [3.63, 3.8) is 0 Å². The van der Waals surface area contributed by atoms with Crippen molar-refractivity contribution in [3.8, 4) is 0 Å². The first-order chi connectivity index (χ1) is 12.0. The lowest BCUT2D eigenvalue weighted by Crippen LogP contribution is -2.42. The maximum Gasteiger partial charge on any atom is 0.310 e. The molecule has 3 rings (SSSR count). The summed E-state index contributed by atoms with van der Waals surface area (Å²) in [5.74, 6) is -0.490. The number of rotatable bonds is 3. The fourth-order valence-corrected chi connectivity index (χ4v) is 3.66. The van der Waals surface area contributed by atoms with E-state index in [0.717, 1.165) is 30.5 Å². The Kier molecular flexibility index (Phi) is 5.06. The van der Waals surface area contributed by atoms with E-state index in [1.807, 2.05) is 12.1 Å². The van der Waals surface area contributed by atoms with E-state index in [9.17, 15) is 14.4 Å². The molecule has 25 heavy (non-hydrogen) atoms. The molecule has 1 saturated heterocycles. The van der Waals surface area contributed by atoms with Crippen molar-refractivity contribution in [2.24, 2.45) is 5.92 Å². The monoisotopic (exact) mass is 344 g/mol. The zero-order valence-corrected chi connectivity index (χ0v) is 14.8. The second-order valence-electron chi connectivity index (χ2n) is 6.61. The summed E-state index contributed by atoms with van der Waals surface area (Å²) in [5.41, 5.74) is 2.54. The molecule has 0 aliphatic carbocycles. The van der Waals surface area contributed by atoms with Gasteiger partial charge in [-0.2, -0.15) is 0 Å². The first-order valence-electron chi connectivity index (χ1n) is 8.88. The van der Waals surface area contributed by atoms with Gasteiger partial charge in [-0.25, -0.2) is 0 Å². The SMILES string of the molecule is CCOC(=O)C1CCCN(C(=O)c2ccc3c(c2)CCN3C(C)=O)C1. The number of piperidine rings is 1. The van der Waals surface area contributed by atoms with Crippen LogP contribution < -0.4 is 4.90 Å². The van der Waals surface area contributed by atoms with Crippen molar-refractivity contribution in [1.29, 1.82) is 0 Å². The van der Waals surface area contributed by atoms with Crippen LogP contribution in [0, 0.1) is 5.92 Å². The molecule has 1 unspecified atom stereocenters. The lowest BCUT2D eigenvalue weighted by atomic mass is 9.97. The molecule has 6 nitrogen and oxygen atoms in total. The first kappa shape index (κ1) is 17.5. The number of likely N-dealkylation sites (tertiary alicyclic amines) is 1. The van der Waals surface area contributed by atoms with Crippen molar-refractivity contribution in [1.82, 2.24) is 4.90 Å². The highest BCUT2D eigenvalue weighted by atomic mass is 16.5. The summed E-state index contributed by atoms with van der Waals surface area (Å²) in [6.07, 6.45) is 2.33. The van der Waals surface area contributed by atoms with Crippen LogP contribution in [0.25, 0.3) is 0 Å². The van der Waals surface area contributed by atoms with Gasteiger partial charge in [-0.3, -0.25) is 14.4 Å². The minimum atomic E-state index is -0.236. The Morgan fingerprint density at radius 2 is 2.04 bits per heavy atom. The van der Waals surface area contributed by atoms with E-state index in [1.165, 1.54) is 0 Å². The molecule has 134 valence electrons. The molecule has 0 N–H and O–H groups in total. The number of amides is 2. The van der Waals surface area contributed by atoms with Gasteiger partial charge in [-0.15, -0.1) is 0 Å². The van der Waals surface area contributed by atoms with Crippen molar-refractivity contribution < 1.29 is 19.1 Å². The maximum atomic E-state index is 12.8. The third-order valence-corrected chi connectivity index (χ3v) is 4.93. The molecule has 1 aromatic rings. The number of fused-ring (bicyclic) bond motifs is 1. The van der Waals surface area contributed by atoms with E-state index in [2.05, 4.69) is 0 Å². The predicted molar refractivity (Wildman–Crippen MR) is 93.4 cm³/mol. The number of carbonyl (C=O) groups is 3. The standard InChI is InChI=1S/C19H24N2O4/c1-3-25-19(24)16-5-4-9-20(12-16)18(23)15-6-7-17-14(11-15)8-10-21(17)13(2)22/h6-7,11,16H,3-5,8-10,12H2,1-2H3. The molecule has 0 spiro atoms. The first-order valence-corrected chi connectivity index (χ1v) is 8.88. The molecule has 1 fully saturated rings.